The molecule has 1 saturated heterocycles. The average molecular weight is 421 g/mol. The molecule has 2 heterocycles. The summed E-state index contributed by atoms with van der Waals surface area (Å²) in [6.07, 6.45) is 10.2. The van der Waals surface area contributed by atoms with Gasteiger partial charge in [0.05, 0.1) is 11.0 Å². The highest BCUT2D eigenvalue weighted by atomic mass is 16.2. The fourth-order valence-corrected chi connectivity index (χ4v) is 7.44. The van der Waals surface area contributed by atoms with Crippen LogP contribution in [0.1, 0.15) is 63.6 Å². The second kappa shape index (κ2) is 7.35. The van der Waals surface area contributed by atoms with Crippen LogP contribution in [0.25, 0.3) is 11.0 Å². The number of amides is 2. The lowest BCUT2D eigenvalue weighted by molar-refractivity contribution is -0.141. The minimum absolute atomic E-state index is 0.0113. The van der Waals surface area contributed by atoms with Crippen molar-refractivity contribution < 1.29 is 9.59 Å². The third-order valence-electron chi connectivity index (χ3n) is 8.32. The van der Waals surface area contributed by atoms with Gasteiger partial charge < -0.3 is 15.2 Å². The van der Waals surface area contributed by atoms with Gasteiger partial charge in [-0.1, -0.05) is 12.1 Å². The second-order valence-electron chi connectivity index (χ2n) is 10.6. The summed E-state index contributed by atoms with van der Waals surface area (Å²) in [7, 11) is 0. The maximum absolute atomic E-state index is 13.3. The molecule has 1 atom stereocenters. The zero-order chi connectivity index (χ0) is 21.0. The number of fused-ring (bicyclic) bond motifs is 1. The van der Waals surface area contributed by atoms with Gasteiger partial charge in [-0.25, -0.2) is 4.98 Å². The predicted molar refractivity (Wildman–Crippen MR) is 118 cm³/mol. The van der Waals surface area contributed by atoms with Crippen molar-refractivity contribution in [1.82, 2.24) is 20.2 Å². The molecule has 0 radical (unpaired) electrons. The molecule has 1 aromatic carbocycles. The molecule has 4 bridgehead atoms. The molecule has 4 saturated carbocycles. The van der Waals surface area contributed by atoms with Gasteiger partial charge >= 0.3 is 0 Å². The standard InChI is InChI=1S/C25H32N4O2/c30-23(8-7-22-26-19-4-1-2-5-20(19)27-22)29-9-3-6-21(29)24(31)28-25-13-16-10-17(14-25)12-18(11-16)15-25/h1-2,4-5,16-18,21H,3,6-15H2,(H,26,27)(H,28,31)/t16?,17?,18?,21-,25?/m0/s1. The third-order valence-corrected chi connectivity index (χ3v) is 8.32. The summed E-state index contributed by atoms with van der Waals surface area (Å²) in [5, 5.41) is 3.49. The predicted octanol–water partition coefficient (Wildman–Crippen LogP) is 3.57. The summed E-state index contributed by atoms with van der Waals surface area (Å²) in [5.74, 6) is 3.41. The van der Waals surface area contributed by atoms with Crippen LogP contribution >= 0.6 is 0 Å². The van der Waals surface area contributed by atoms with Crippen LogP contribution in [-0.2, 0) is 16.0 Å². The molecule has 1 aliphatic heterocycles. The van der Waals surface area contributed by atoms with Gasteiger partial charge in [0, 0.05) is 24.9 Å². The van der Waals surface area contributed by atoms with Gasteiger partial charge in [0.2, 0.25) is 11.8 Å². The van der Waals surface area contributed by atoms with Crippen molar-refractivity contribution in [2.24, 2.45) is 17.8 Å². The van der Waals surface area contributed by atoms with Crippen molar-refractivity contribution >= 4 is 22.8 Å². The molecule has 0 spiro atoms. The molecular formula is C25H32N4O2. The molecule has 2 amide bonds. The maximum atomic E-state index is 13.3. The van der Waals surface area contributed by atoms with Crippen molar-refractivity contribution in [3.63, 3.8) is 0 Å². The van der Waals surface area contributed by atoms with Crippen molar-refractivity contribution in [3.8, 4) is 0 Å². The molecule has 164 valence electrons. The van der Waals surface area contributed by atoms with E-state index in [0.717, 1.165) is 66.7 Å². The van der Waals surface area contributed by atoms with E-state index in [-0.39, 0.29) is 23.4 Å². The zero-order valence-electron chi connectivity index (χ0n) is 18.1. The smallest absolute Gasteiger partial charge is 0.243 e. The summed E-state index contributed by atoms with van der Waals surface area (Å²) in [5.41, 5.74) is 1.94. The van der Waals surface area contributed by atoms with Gasteiger partial charge in [-0.15, -0.1) is 0 Å². The molecule has 2 aromatic rings. The monoisotopic (exact) mass is 420 g/mol. The third kappa shape index (κ3) is 3.54. The first kappa shape index (κ1) is 19.3. The quantitative estimate of drug-likeness (QED) is 0.776. The van der Waals surface area contributed by atoms with Gasteiger partial charge in [-0.05, 0) is 81.3 Å². The Balaban J connectivity index is 1.10. The summed E-state index contributed by atoms with van der Waals surface area (Å²) in [6.45, 7) is 0.692. The van der Waals surface area contributed by atoms with Crippen LogP contribution < -0.4 is 5.32 Å². The SMILES string of the molecule is O=C(NC12CC3CC(CC(C3)C1)C2)[C@@H]1CCCN1C(=O)CCc1nc2ccccc2[nH]1. The lowest BCUT2D eigenvalue weighted by Crippen LogP contribution is -2.62. The molecule has 6 heteroatoms. The Morgan fingerprint density at radius 3 is 2.52 bits per heavy atom. The van der Waals surface area contributed by atoms with Gasteiger partial charge in [0.15, 0.2) is 0 Å². The lowest BCUT2D eigenvalue weighted by Gasteiger charge is -2.57. The number of aryl methyl sites for hydroxylation is 1. The second-order valence-corrected chi connectivity index (χ2v) is 10.6. The minimum Gasteiger partial charge on any atom is -0.349 e. The fraction of sp³-hybridized carbons (Fsp3) is 0.640. The molecule has 2 N–H and O–H groups in total. The largest absolute Gasteiger partial charge is 0.349 e. The molecule has 4 aliphatic carbocycles. The van der Waals surface area contributed by atoms with Crippen LogP contribution in [0.2, 0.25) is 0 Å². The number of hydrogen-bond donors (Lipinski definition) is 2. The molecule has 31 heavy (non-hydrogen) atoms. The molecular weight excluding hydrogens is 388 g/mol. The van der Waals surface area contributed by atoms with Crippen LogP contribution in [0.5, 0.6) is 0 Å². The minimum atomic E-state index is -0.295. The van der Waals surface area contributed by atoms with E-state index < -0.39 is 0 Å². The van der Waals surface area contributed by atoms with E-state index in [2.05, 4.69) is 15.3 Å². The Hall–Kier alpha value is -2.37. The molecule has 1 aromatic heterocycles. The number of nitrogens with one attached hydrogen (secondary N) is 2. The van der Waals surface area contributed by atoms with Crippen LogP contribution in [0.15, 0.2) is 24.3 Å². The molecule has 0 unspecified atom stereocenters. The Bertz CT molecular complexity index is 944. The number of aromatic amines is 1. The number of hydrogen-bond acceptors (Lipinski definition) is 3. The first-order valence-electron chi connectivity index (χ1n) is 12.1. The number of nitrogens with zero attached hydrogens (tertiary/aromatic N) is 2. The van der Waals surface area contributed by atoms with Gasteiger partial charge in [-0.2, -0.15) is 0 Å². The zero-order valence-corrected chi connectivity index (χ0v) is 18.1. The highest BCUT2D eigenvalue weighted by Crippen LogP contribution is 2.55. The number of likely N-dealkylation sites (tertiary alicyclic amines) is 1. The molecule has 6 nitrogen and oxygen atoms in total. The number of imidazole rings is 1. The van der Waals surface area contributed by atoms with Crippen molar-refractivity contribution in [1.29, 1.82) is 0 Å². The Morgan fingerprint density at radius 1 is 1.10 bits per heavy atom. The summed E-state index contributed by atoms with van der Waals surface area (Å²) in [6, 6.07) is 7.62. The molecule has 5 fully saturated rings. The van der Waals surface area contributed by atoms with E-state index in [4.69, 9.17) is 0 Å². The summed E-state index contributed by atoms with van der Waals surface area (Å²) >= 11 is 0. The Kier molecular flexibility index (Phi) is 4.58. The van der Waals surface area contributed by atoms with E-state index >= 15 is 0 Å². The lowest BCUT2D eigenvalue weighted by atomic mass is 9.53. The van der Waals surface area contributed by atoms with E-state index in [9.17, 15) is 9.59 Å². The van der Waals surface area contributed by atoms with Crippen LogP contribution in [0.3, 0.4) is 0 Å². The number of rotatable bonds is 5. The van der Waals surface area contributed by atoms with Gasteiger partial charge in [0.25, 0.3) is 0 Å². The molecule has 5 aliphatic rings. The molecule has 7 rings (SSSR count). The van der Waals surface area contributed by atoms with E-state index in [1.54, 1.807) is 0 Å². The van der Waals surface area contributed by atoms with Crippen molar-refractivity contribution in [3.05, 3.63) is 30.1 Å². The first-order chi connectivity index (χ1) is 15.1. The summed E-state index contributed by atoms with van der Waals surface area (Å²) in [4.78, 5) is 36.0. The fourth-order valence-electron chi connectivity index (χ4n) is 7.44. The highest BCUT2D eigenvalue weighted by Gasteiger charge is 2.52. The van der Waals surface area contributed by atoms with E-state index in [1.807, 2.05) is 29.2 Å². The van der Waals surface area contributed by atoms with E-state index in [0.29, 0.717) is 19.4 Å². The Morgan fingerprint density at radius 2 is 1.81 bits per heavy atom. The number of aromatic nitrogens is 2. The summed E-state index contributed by atoms with van der Waals surface area (Å²) < 4.78 is 0. The van der Waals surface area contributed by atoms with Crippen LogP contribution in [0.4, 0.5) is 0 Å². The van der Waals surface area contributed by atoms with Gasteiger partial charge in [0.1, 0.15) is 11.9 Å². The average Bonchev–Trinajstić information content (AvgIpc) is 3.37. The van der Waals surface area contributed by atoms with E-state index in [1.165, 1.54) is 19.3 Å². The first-order valence-corrected chi connectivity index (χ1v) is 12.1. The number of benzene rings is 1. The topological polar surface area (TPSA) is 78.1 Å². The number of carbonyl (C=O) groups is 2. The number of para-hydroxylation sites is 2. The van der Waals surface area contributed by atoms with Crippen LogP contribution in [0, 0.1) is 17.8 Å². The maximum Gasteiger partial charge on any atom is 0.243 e. The Labute approximate surface area is 183 Å². The number of carbonyl (C=O) groups excluding carboxylic acids is 2. The van der Waals surface area contributed by atoms with Crippen LogP contribution in [-0.4, -0.2) is 44.8 Å². The van der Waals surface area contributed by atoms with Crippen molar-refractivity contribution in [2.75, 3.05) is 6.54 Å². The normalized spacial score (nSPS) is 33.9. The highest BCUT2D eigenvalue weighted by molar-refractivity contribution is 5.88. The number of H-pyrrole nitrogens is 1. The van der Waals surface area contributed by atoms with Crippen molar-refractivity contribution in [2.45, 2.75) is 75.8 Å². The van der Waals surface area contributed by atoms with Gasteiger partial charge in [-0.3, -0.25) is 9.59 Å².